The van der Waals surface area contributed by atoms with Gasteiger partial charge in [0.2, 0.25) is 0 Å². The van der Waals surface area contributed by atoms with E-state index in [1.165, 1.54) is 4.90 Å². The lowest BCUT2D eigenvalue weighted by Crippen LogP contribution is -2.55. The number of nitrogens with zero attached hydrogens (tertiary/aromatic N) is 3. The van der Waals surface area contributed by atoms with Crippen molar-refractivity contribution in [3.63, 3.8) is 0 Å². The Balaban J connectivity index is 2.16. The Morgan fingerprint density at radius 1 is 1.15 bits per heavy atom. The molecule has 1 aliphatic heterocycles. The van der Waals surface area contributed by atoms with E-state index in [2.05, 4.69) is 6.07 Å². The van der Waals surface area contributed by atoms with Gasteiger partial charge in [-0.05, 0) is 44.3 Å². The molecule has 1 aliphatic rings. The van der Waals surface area contributed by atoms with Crippen LogP contribution in [0.5, 0.6) is 0 Å². The summed E-state index contributed by atoms with van der Waals surface area (Å²) in [7, 11) is 3.56. The van der Waals surface area contributed by atoms with Crippen molar-refractivity contribution in [1.82, 2.24) is 4.90 Å². The molecule has 0 bridgehead atoms. The minimum atomic E-state index is -1.71. The van der Waals surface area contributed by atoms with Crippen LogP contribution in [-0.2, 0) is 6.42 Å². The van der Waals surface area contributed by atoms with Crippen LogP contribution in [-0.4, -0.2) is 37.0 Å². The van der Waals surface area contributed by atoms with Gasteiger partial charge in [0.1, 0.15) is 6.04 Å². The number of hydrogen-bond acceptors (Lipinski definition) is 3. The van der Waals surface area contributed by atoms with Gasteiger partial charge >= 0.3 is 0 Å². The Morgan fingerprint density at radius 2 is 1.85 bits per heavy atom. The van der Waals surface area contributed by atoms with Crippen molar-refractivity contribution in [2.45, 2.75) is 18.5 Å². The van der Waals surface area contributed by atoms with Gasteiger partial charge in [0.05, 0.1) is 11.6 Å². The summed E-state index contributed by atoms with van der Waals surface area (Å²) in [5.74, 6) is -5.52. The normalized spacial score (nSPS) is 19.2. The Hall–Kier alpha value is -2.85. The second-order valence-electron chi connectivity index (χ2n) is 6.34. The van der Waals surface area contributed by atoms with E-state index in [4.69, 9.17) is 0 Å². The minimum absolute atomic E-state index is 0.327. The third-order valence-electron chi connectivity index (χ3n) is 4.60. The maximum absolute atomic E-state index is 14.2. The molecule has 2 unspecified atom stereocenters. The van der Waals surface area contributed by atoms with Gasteiger partial charge in [-0.15, -0.1) is 0 Å². The molecule has 7 heteroatoms. The first kappa shape index (κ1) is 18.0. The van der Waals surface area contributed by atoms with Crippen LogP contribution in [0.25, 0.3) is 0 Å². The number of nitriles is 1. The van der Waals surface area contributed by atoms with Crippen molar-refractivity contribution < 1.29 is 18.0 Å². The molecule has 26 heavy (non-hydrogen) atoms. The van der Waals surface area contributed by atoms with E-state index >= 15 is 0 Å². The molecule has 1 amide bonds. The molecule has 0 N–H and O–H groups in total. The van der Waals surface area contributed by atoms with Crippen LogP contribution in [0.2, 0.25) is 0 Å². The quantitative estimate of drug-likeness (QED) is 0.774. The third kappa shape index (κ3) is 2.82. The Labute approximate surface area is 149 Å². The summed E-state index contributed by atoms with van der Waals surface area (Å²) < 4.78 is 41.0. The average molecular weight is 359 g/mol. The fraction of sp³-hybridized carbons (Fsp3) is 0.263. The molecule has 4 nitrogen and oxygen atoms in total. The van der Waals surface area contributed by atoms with Crippen LogP contribution >= 0.6 is 0 Å². The topological polar surface area (TPSA) is 47.3 Å². The number of halogens is 3. The van der Waals surface area contributed by atoms with Crippen LogP contribution < -0.4 is 4.90 Å². The van der Waals surface area contributed by atoms with E-state index in [1.54, 1.807) is 32.3 Å². The predicted octanol–water partition coefficient (Wildman–Crippen LogP) is 3.13. The average Bonchev–Trinajstić information content (AvgIpc) is 2.64. The van der Waals surface area contributed by atoms with E-state index in [9.17, 15) is 23.2 Å². The molecule has 2 aromatic rings. The van der Waals surface area contributed by atoms with Crippen LogP contribution in [0.4, 0.5) is 18.9 Å². The van der Waals surface area contributed by atoms with Crippen LogP contribution in [0.15, 0.2) is 36.4 Å². The van der Waals surface area contributed by atoms with E-state index in [-0.39, 0.29) is 6.04 Å². The van der Waals surface area contributed by atoms with Crippen molar-refractivity contribution in [2.75, 3.05) is 19.0 Å². The van der Waals surface area contributed by atoms with Gasteiger partial charge in [-0.2, -0.15) is 5.26 Å². The van der Waals surface area contributed by atoms with Gasteiger partial charge in [-0.3, -0.25) is 9.69 Å². The van der Waals surface area contributed by atoms with Crippen molar-refractivity contribution in [3.8, 4) is 6.07 Å². The summed E-state index contributed by atoms with van der Waals surface area (Å²) >= 11 is 0. The SMILES string of the molecule is CN(C)C1Cc2ccccc2N(C(=O)c2ccc(F)c(F)c2F)C1C#N. The first-order valence-corrected chi connectivity index (χ1v) is 7.97. The standard InChI is InChI=1S/C19H16F3N3O/c1-24(2)15-9-11-5-3-4-6-14(11)25(16(15)10-23)19(26)12-7-8-13(20)18(22)17(12)21/h3-8,15-16H,9H2,1-2H3. The second kappa shape index (κ2) is 6.81. The number of carbonyl (C=O) groups is 1. The van der Waals surface area contributed by atoms with Crippen molar-refractivity contribution in [2.24, 2.45) is 0 Å². The third-order valence-corrected chi connectivity index (χ3v) is 4.60. The Morgan fingerprint density at radius 3 is 2.50 bits per heavy atom. The summed E-state index contributed by atoms with van der Waals surface area (Å²) in [5.41, 5.74) is 0.665. The lowest BCUT2D eigenvalue weighted by molar-refractivity contribution is 0.0959. The molecule has 0 saturated heterocycles. The smallest absolute Gasteiger partial charge is 0.262 e. The fourth-order valence-electron chi connectivity index (χ4n) is 3.24. The van der Waals surface area contributed by atoms with Gasteiger partial charge in [0.15, 0.2) is 17.5 Å². The van der Waals surface area contributed by atoms with Crippen molar-refractivity contribution in [1.29, 1.82) is 5.26 Å². The summed E-state index contributed by atoms with van der Waals surface area (Å²) in [6.07, 6.45) is 0.533. The first-order chi connectivity index (χ1) is 12.4. The lowest BCUT2D eigenvalue weighted by atomic mass is 9.90. The van der Waals surface area contributed by atoms with Gasteiger partial charge in [-0.1, -0.05) is 18.2 Å². The molecular formula is C19H16F3N3O. The van der Waals surface area contributed by atoms with Crippen molar-refractivity contribution >= 4 is 11.6 Å². The van der Waals surface area contributed by atoms with Gasteiger partial charge in [0, 0.05) is 11.7 Å². The number of benzene rings is 2. The highest BCUT2D eigenvalue weighted by atomic mass is 19.2. The fourth-order valence-corrected chi connectivity index (χ4v) is 3.24. The molecule has 1 heterocycles. The summed E-state index contributed by atoms with van der Waals surface area (Å²) in [4.78, 5) is 16.0. The predicted molar refractivity (Wildman–Crippen MR) is 90.1 cm³/mol. The van der Waals surface area contributed by atoms with E-state index in [0.717, 1.165) is 11.6 Å². The number of rotatable bonds is 2. The molecule has 0 fully saturated rings. The highest BCUT2D eigenvalue weighted by Crippen LogP contribution is 2.34. The number of fused-ring (bicyclic) bond motifs is 1. The number of hydrogen-bond donors (Lipinski definition) is 0. The maximum Gasteiger partial charge on any atom is 0.262 e. The number of anilines is 1. The number of likely N-dealkylation sites (N-methyl/N-ethyl adjacent to an activating group) is 1. The van der Waals surface area contributed by atoms with Gasteiger partial charge in [-0.25, -0.2) is 13.2 Å². The summed E-state index contributed by atoms with van der Waals surface area (Å²) in [6.45, 7) is 0. The maximum atomic E-state index is 14.2. The van der Waals surface area contributed by atoms with E-state index in [1.807, 2.05) is 11.0 Å². The molecule has 0 aliphatic carbocycles. The zero-order chi connectivity index (χ0) is 19.0. The minimum Gasteiger partial charge on any atom is -0.303 e. The second-order valence-corrected chi connectivity index (χ2v) is 6.34. The number of amides is 1. The summed E-state index contributed by atoms with van der Waals surface area (Å²) in [6, 6.07) is 9.44. The van der Waals surface area contributed by atoms with E-state index in [0.29, 0.717) is 18.2 Å². The van der Waals surface area contributed by atoms with E-state index < -0.39 is 35.0 Å². The van der Waals surface area contributed by atoms with Gasteiger partial charge < -0.3 is 4.90 Å². The van der Waals surface area contributed by atoms with Crippen LogP contribution in [0, 0.1) is 28.8 Å². The highest BCUT2D eigenvalue weighted by molar-refractivity contribution is 6.08. The molecule has 134 valence electrons. The number of para-hydroxylation sites is 1. The molecule has 3 rings (SSSR count). The molecule has 2 aromatic carbocycles. The molecule has 0 radical (unpaired) electrons. The Bertz CT molecular complexity index is 907. The zero-order valence-electron chi connectivity index (χ0n) is 14.2. The van der Waals surface area contributed by atoms with Crippen LogP contribution in [0.1, 0.15) is 15.9 Å². The zero-order valence-corrected chi connectivity index (χ0v) is 14.2. The summed E-state index contributed by atoms with van der Waals surface area (Å²) in [5, 5.41) is 9.67. The Kier molecular flexibility index (Phi) is 4.70. The molecule has 0 aromatic heterocycles. The lowest BCUT2D eigenvalue weighted by Gasteiger charge is -2.41. The van der Waals surface area contributed by atoms with Gasteiger partial charge in [0.25, 0.3) is 5.91 Å². The molecule has 2 atom stereocenters. The largest absolute Gasteiger partial charge is 0.303 e. The first-order valence-electron chi connectivity index (χ1n) is 7.97. The van der Waals surface area contributed by atoms with Crippen molar-refractivity contribution in [3.05, 3.63) is 65.0 Å². The molecule has 0 spiro atoms. The van der Waals surface area contributed by atoms with Crippen LogP contribution in [0.3, 0.4) is 0 Å². The molecular weight excluding hydrogens is 343 g/mol. The highest BCUT2D eigenvalue weighted by Gasteiger charge is 2.40. The monoisotopic (exact) mass is 359 g/mol. The number of carbonyl (C=O) groups excluding carboxylic acids is 1. The molecule has 0 saturated carbocycles.